The average Bonchev–Trinajstić information content (AvgIpc) is 2.35. The van der Waals surface area contributed by atoms with E-state index in [1.54, 1.807) is 12.1 Å². The maximum absolute atomic E-state index is 11.4. The minimum absolute atomic E-state index is 0.0704. The second kappa shape index (κ2) is 6.24. The van der Waals surface area contributed by atoms with Gasteiger partial charge in [0.05, 0.1) is 4.90 Å². The van der Waals surface area contributed by atoms with Gasteiger partial charge in [0.1, 0.15) is 0 Å². The Kier molecular flexibility index (Phi) is 5.35. The van der Waals surface area contributed by atoms with Crippen molar-refractivity contribution in [2.75, 3.05) is 26.9 Å². The van der Waals surface area contributed by atoms with Crippen LogP contribution in [0.25, 0.3) is 0 Å². The van der Waals surface area contributed by atoms with Gasteiger partial charge in [-0.3, -0.25) is 0 Å². The van der Waals surface area contributed by atoms with Gasteiger partial charge in [-0.05, 0) is 52.6 Å². The fourth-order valence-corrected chi connectivity index (χ4v) is 2.31. The van der Waals surface area contributed by atoms with E-state index in [0.717, 1.165) is 12.1 Å². The molecule has 5 heteroatoms. The summed E-state index contributed by atoms with van der Waals surface area (Å²) >= 11 is 0. The molecule has 20 heavy (non-hydrogen) atoms. The van der Waals surface area contributed by atoms with Gasteiger partial charge in [-0.2, -0.15) is 0 Å². The van der Waals surface area contributed by atoms with Crippen molar-refractivity contribution in [3.63, 3.8) is 0 Å². The zero-order valence-electron chi connectivity index (χ0n) is 13.3. The summed E-state index contributed by atoms with van der Waals surface area (Å²) in [4.78, 5) is 2.54. The zero-order valence-corrected chi connectivity index (χ0v) is 14.1. The van der Waals surface area contributed by atoms with Crippen molar-refractivity contribution in [3.8, 4) is 0 Å². The number of nitrogens with one attached hydrogen (secondary N) is 1. The lowest BCUT2D eigenvalue weighted by Gasteiger charge is -2.34. The van der Waals surface area contributed by atoms with Crippen LogP contribution in [-0.4, -0.2) is 45.8 Å². The first-order valence-corrected chi connectivity index (χ1v) is 8.64. The lowest BCUT2D eigenvalue weighted by molar-refractivity contribution is 0.185. The van der Waals surface area contributed by atoms with Gasteiger partial charge in [0.25, 0.3) is 0 Å². The summed E-state index contributed by atoms with van der Waals surface area (Å²) in [6.45, 7) is 7.30. The molecule has 0 radical (unpaired) electrons. The third kappa shape index (κ3) is 4.58. The van der Waals surface area contributed by atoms with Gasteiger partial charge in [0, 0.05) is 24.4 Å². The lowest BCUT2D eigenvalue weighted by Crippen LogP contribution is -2.47. The Morgan fingerprint density at radius 2 is 1.70 bits per heavy atom. The molecule has 0 fully saturated rings. The number of nitrogens with zero attached hydrogens (tertiary/aromatic N) is 1. The smallest absolute Gasteiger partial charge is 0.175 e. The van der Waals surface area contributed by atoms with Crippen LogP contribution in [0.4, 0.5) is 0 Å². The highest BCUT2D eigenvalue weighted by Gasteiger charge is 2.21. The van der Waals surface area contributed by atoms with Gasteiger partial charge in [0.15, 0.2) is 9.84 Å². The van der Waals surface area contributed by atoms with E-state index >= 15 is 0 Å². The molecule has 0 bridgehead atoms. The first-order valence-electron chi connectivity index (χ1n) is 6.75. The predicted octanol–water partition coefficient (Wildman–Crippen LogP) is 2.08. The quantitative estimate of drug-likeness (QED) is 0.873. The summed E-state index contributed by atoms with van der Waals surface area (Å²) in [6.07, 6.45) is 1.23. The number of benzene rings is 1. The summed E-state index contributed by atoms with van der Waals surface area (Å²) in [5.41, 5.74) is 1.16. The highest BCUT2D eigenvalue weighted by Crippen LogP contribution is 2.17. The molecule has 1 unspecified atom stereocenters. The number of rotatable bonds is 6. The van der Waals surface area contributed by atoms with Crippen molar-refractivity contribution < 1.29 is 8.42 Å². The Morgan fingerprint density at radius 1 is 1.20 bits per heavy atom. The van der Waals surface area contributed by atoms with Crippen LogP contribution >= 0.6 is 0 Å². The molecule has 0 heterocycles. The fourth-order valence-electron chi connectivity index (χ4n) is 1.68. The van der Waals surface area contributed by atoms with Crippen LogP contribution in [0.5, 0.6) is 0 Å². The van der Waals surface area contributed by atoms with E-state index in [1.165, 1.54) is 6.26 Å². The Hall–Kier alpha value is -0.910. The van der Waals surface area contributed by atoms with Crippen molar-refractivity contribution in [2.45, 2.75) is 37.2 Å². The molecule has 0 saturated carbocycles. The molecule has 0 aromatic heterocycles. The molecular formula is C15H26N2O2S. The minimum Gasteiger partial charge on any atom is -0.308 e. The van der Waals surface area contributed by atoms with Gasteiger partial charge in [0.2, 0.25) is 0 Å². The summed E-state index contributed by atoms with van der Waals surface area (Å²) in [7, 11) is 1.01. The van der Waals surface area contributed by atoms with E-state index < -0.39 is 9.84 Å². The van der Waals surface area contributed by atoms with Crippen molar-refractivity contribution in [2.24, 2.45) is 0 Å². The fraction of sp³-hybridized carbons (Fsp3) is 0.600. The molecule has 1 aromatic carbocycles. The molecule has 1 atom stereocenters. The molecule has 0 aliphatic heterocycles. The largest absolute Gasteiger partial charge is 0.308 e. The molecule has 114 valence electrons. The maximum Gasteiger partial charge on any atom is 0.175 e. The van der Waals surface area contributed by atoms with Crippen LogP contribution in [0.15, 0.2) is 29.2 Å². The molecule has 0 spiro atoms. The van der Waals surface area contributed by atoms with Crippen molar-refractivity contribution in [1.82, 2.24) is 10.2 Å². The summed E-state index contributed by atoms with van der Waals surface area (Å²) in [5.74, 6) is 0. The second-order valence-corrected chi connectivity index (χ2v) is 8.17. The standard InChI is InChI=1S/C15H26N2O2S/c1-12(16-11-15(2,3)17(4)5)13-7-9-14(10-8-13)20(6,18)19/h7-10,12,16H,11H2,1-6H3. The Bertz CT molecular complexity index is 533. The molecule has 0 saturated heterocycles. The van der Waals surface area contributed by atoms with Crippen LogP contribution < -0.4 is 5.32 Å². The van der Waals surface area contributed by atoms with Crippen molar-refractivity contribution in [3.05, 3.63) is 29.8 Å². The SMILES string of the molecule is CC(NCC(C)(C)N(C)C)c1ccc(S(C)(=O)=O)cc1. The topological polar surface area (TPSA) is 49.4 Å². The summed E-state index contributed by atoms with van der Waals surface area (Å²) < 4.78 is 22.9. The number of hydrogen-bond donors (Lipinski definition) is 1. The van der Waals surface area contributed by atoms with Crippen LogP contribution in [0.1, 0.15) is 32.4 Å². The van der Waals surface area contributed by atoms with E-state index in [0.29, 0.717) is 4.90 Å². The van der Waals surface area contributed by atoms with Crippen molar-refractivity contribution in [1.29, 1.82) is 0 Å². The third-order valence-corrected chi connectivity index (χ3v) is 4.99. The number of hydrogen-bond acceptors (Lipinski definition) is 4. The Morgan fingerprint density at radius 3 is 2.10 bits per heavy atom. The minimum atomic E-state index is -3.12. The first kappa shape index (κ1) is 17.1. The molecular weight excluding hydrogens is 272 g/mol. The van der Waals surface area contributed by atoms with E-state index in [2.05, 4.69) is 45.1 Å². The van der Waals surface area contributed by atoms with E-state index in [4.69, 9.17) is 0 Å². The van der Waals surface area contributed by atoms with Gasteiger partial charge in [-0.1, -0.05) is 12.1 Å². The average molecular weight is 298 g/mol. The van der Waals surface area contributed by atoms with Gasteiger partial charge in [-0.15, -0.1) is 0 Å². The van der Waals surface area contributed by atoms with Gasteiger partial charge < -0.3 is 10.2 Å². The highest BCUT2D eigenvalue weighted by atomic mass is 32.2. The first-order chi connectivity index (χ1) is 9.04. The molecule has 0 aliphatic carbocycles. The summed E-state index contributed by atoms with van der Waals surface area (Å²) in [5, 5.41) is 3.49. The molecule has 0 aliphatic rings. The van der Waals surface area contributed by atoms with Crippen LogP contribution in [0.2, 0.25) is 0 Å². The highest BCUT2D eigenvalue weighted by molar-refractivity contribution is 7.90. The Labute approximate surface area is 123 Å². The number of likely N-dealkylation sites (N-methyl/N-ethyl adjacent to an activating group) is 1. The van der Waals surface area contributed by atoms with E-state index in [9.17, 15) is 8.42 Å². The van der Waals surface area contributed by atoms with Crippen LogP contribution in [0.3, 0.4) is 0 Å². The van der Waals surface area contributed by atoms with E-state index in [-0.39, 0.29) is 11.6 Å². The number of sulfone groups is 1. The Balaban J connectivity index is 2.72. The van der Waals surface area contributed by atoms with Crippen LogP contribution in [-0.2, 0) is 9.84 Å². The molecule has 1 rings (SSSR count). The molecule has 4 nitrogen and oxygen atoms in total. The molecule has 1 aromatic rings. The predicted molar refractivity (Wildman–Crippen MR) is 83.7 cm³/mol. The van der Waals surface area contributed by atoms with Gasteiger partial charge >= 0.3 is 0 Å². The maximum atomic E-state index is 11.4. The molecule has 1 N–H and O–H groups in total. The van der Waals surface area contributed by atoms with E-state index in [1.807, 2.05) is 12.1 Å². The normalized spacial score (nSPS) is 14.6. The second-order valence-electron chi connectivity index (χ2n) is 6.15. The third-order valence-electron chi connectivity index (χ3n) is 3.86. The monoisotopic (exact) mass is 298 g/mol. The molecule has 0 amide bonds. The summed E-state index contributed by atoms with van der Waals surface area (Å²) in [6, 6.07) is 7.26. The lowest BCUT2D eigenvalue weighted by atomic mass is 10.0. The van der Waals surface area contributed by atoms with Gasteiger partial charge in [-0.25, -0.2) is 8.42 Å². The van der Waals surface area contributed by atoms with Crippen LogP contribution in [0, 0.1) is 0 Å². The zero-order chi connectivity index (χ0) is 15.6. The van der Waals surface area contributed by atoms with Crippen molar-refractivity contribution >= 4 is 9.84 Å².